The minimum Gasteiger partial charge on any atom is -0.357 e. The fraction of sp³-hybridized carbons (Fsp3) is 0.600. The first-order valence-electron chi connectivity index (χ1n) is 6.98. The molecule has 1 aliphatic rings. The Balaban J connectivity index is 2.13. The summed E-state index contributed by atoms with van der Waals surface area (Å²) in [5, 5.41) is 9.19. The van der Waals surface area contributed by atoms with Crippen LogP contribution >= 0.6 is 0 Å². The number of likely N-dealkylation sites (tertiary alicyclic amines) is 1. The van der Waals surface area contributed by atoms with Crippen LogP contribution in [0, 0.1) is 18.3 Å². The Bertz CT molecular complexity index is 478. The number of likely N-dealkylation sites (N-methyl/N-ethyl adjacent to an activating group) is 2. The lowest BCUT2D eigenvalue weighted by Gasteiger charge is -2.28. The standard InChI is InChI=1S/C15H22N4/c1-4-19-9-5-6-14(19)11-18(3)15-13(10-16)8-7-12(2)17-15/h7-8,14H,4-6,9,11H2,1-3H3. The second kappa shape index (κ2) is 6.03. The third-order valence-electron chi connectivity index (χ3n) is 3.89. The van der Waals surface area contributed by atoms with E-state index in [0.29, 0.717) is 11.6 Å². The quantitative estimate of drug-likeness (QED) is 0.830. The number of nitrogens with zero attached hydrogens (tertiary/aromatic N) is 4. The summed E-state index contributed by atoms with van der Waals surface area (Å²) >= 11 is 0. The highest BCUT2D eigenvalue weighted by Crippen LogP contribution is 2.21. The van der Waals surface area contributed by atoms with Gasteiger partial charge in [0.1, 0.15) is 11.9 Å². The molecule has 0 radical (unpaired) electrons. The van der Waals surface area contributed by atoms with Crippen molar-refractivity contribution in [3.63, 3.8) is 0 Å². The van der Waals surface area contributed by atoms with Gasteiger partial charge in [0.05, 0.1) is 5.56 Å². The minimum atomic E-state index is 0.587. The lowest BCUT2D eigenvalue weighted by molar-refractivity contribution is 0.270. The Labute approximate surface area is 115 Å². The summed E-state index contributed by atoms with van der Waals surface area (Å²) in [4.78, 5) is 9.16. The monoisotopic (exact) mass is 258 g/mol. The van der Waals surface area contributed by atoms with Crippen molar-refractivity contribution >= 4 is 5.82 Å². The summed E-state index contributed by atoms with van der Waals surface area (Å²) in [5.74, 6) is 0.811. The molecule has 0 aromatic carbocycles. The van der Waals surface area contributed by atoms with Gasteiger partial charge in [-0.25, -0.2) is 4.98 Å². The van der Waals surface area contributed by atoms with Gasteiger partial charge in [-0.3, -0.25) is 4.90 Å². The highest BCUT2D eigenvalue weighted by molar-refractivity contribution is 5.53. The fourth-order valence-electron chi connectivity index (χ4n) is 2.84. The molecule has 102 valence electrons. The maximum Gasteiger partial charge on any atom is 0.146 e. The Morgan fingerprint density at radius 2 is 2.32 bits per heavy atom. The third kappa shape index (κ3) is 3.05. The Morgan fingerprint density at radius 3 is 3.00 bits per heavy atom. The topological polar surface area (TPSA) is 43.2 Å². The van der Waals surface area contributed by atoms with E-state index < -0.39 is 0 Å². The highest BCUT2D eigenvalue weighted by atomic mass is 15.2. The molecule has 1 unspecified atom stereocenters. The van der Waals surface area contributed by atoms with Crippen molar-refractivity contribution in [3.8, 4) is 6.07 Å². The number of hydrogen-bond donors (Lipinski definition) is 0. The smallest absolute Gasteiger partial charge is 0.146 e. The van der Waals surface area contributed by atoms with Crippen LogP contribution in [-0.4, -0.2) is 42.6 Å². The Morgan fingerprint density at radius 1 is 1.53 bits per heavy atom. The minimum absolute atomic E-state index is 0.587. The van der Waals surface area contributed by atoms with E-state index >= 15 is 0 Å². The van der Waals surface area contributed by atoms with Gasteiger partial charge in [-0.05, 0) is 45.0 Å². The number of rotatable bonds is 4. The van der Waals surface area contributed by atoms with E-state index in [0.717, 1.165) is 24.6 Å². The third-order valence-corrected chi connectivity index (χ3v) is 3.89. The zero-order valence-electron chi connectivity index (χ0n) is 12.1. The number of hydrogen-bond acceptors (Lipinski definition) is 4. The van der Waals surface area contributed by atoms with E-state index in [2.05, 4.69) is 27.8 Å². The van der Waals surface area contributed by atoms with Crippen LogP contribution in [0.15, 0.2) is 12.1 Å². The average Bonchev–Trinajstić information content (AvgIpc) is 2.85. The molecular formula is C15H22N4. The van der Waals surface area contributed by atoms with E-state index in [9.17, 15) is 5.26 Å². The van der Waals surface area contributed by atoms with Crippen LogP contribution in [-0.2, 0) is 0 Å². The molecule has 0 bridgehead atoms. The maximum absolute atomic E-state index is 9.19. The second-order valence-electron chi connectivity index (χ2n) is 5.24. The fourth-order valence-corrected chi connectivity index (χ4v) is 2.84. The molecule has 19 heavy (non-hydrogen) atoms. The molecule has 1 aromatic heterocycles. The van der Waals surface area contributed by atoms with Crippen LogP contribution in [0.3, 0.4) is 0 Å². The number of pyridine rings is 1. The van der Waals surface area contributed by atoms with Gasteiger partial charge in [0.15, 0.2) is 0 Å². The first-order valence-corrected chi connectivity index (χ1v) is 6.98. The van der Waals surface area contributed by atoms with E-state index in [1.165, 1.54) is 19.4 Å². The summed E-state index contributed by atoms with van der Waals surface area (Å²) in [6.07, 6.45) is 2.52. The van der Waals surface area contributed by atoms with Crippen molar-refractivity contribution < 1.29 is 0 Å². The van der Waals surface area contributed by atoms with Gasteiger partial charge in [-0.15, -0.1) is 0 Å². The largest absolute Gasteiger partial charge is 0.357 e. The molecule has 0 amide bonds. The second-order valence-corrected chi connectivity index (χ2v) is 5.24. The highest BCUT2D eigenvalue weighted by Gasteiger charge is 2.25. The van der Waals surface area contributed by atoms with Gasteiger partial charge in [0, 0.05) is 25.3 Å². The molecule has 4 nitrogen and oxygen atoms in total. The van der Waals surface area contributed by atoms with Gasteiger partial charge in [0.25, 0.3) is 0 Å². The van der Waals surface area contributed by atoms with Crippen molar-refractivity contribution in [2.75, 3.05) is 31.6 Å². The van der Waals surface area contributed by atoms with Gasteiger partial charge < -0.3 is 4.90 Å². The van der Waals surface area contributed by atoms with Crippen LogP contribution in [0.2, 0.25) is 0 Å². The van der Waals surface area contributed by atoms with E-state index in [1.54, 1.807) is 0 Å². The summed E-state index contributed by atoms with van der Waals surface area (Å²) in [6, 6.07) is 6.58. The van der Waals surface area contributed by atoms with E-state index in [1.807, 2.05) is 26.1 Å². The zero-order valence-corrected chi connectivity index (χ0v) is 12.1. The summed E-state index contributed by atoms with van der Waals surface area (Å²) in [5.41, 5.74) is 1.62. The molecule has 1 aliphatic heterocycles. The molecule has 2 heterocycles. The molecule has 4 heteroatoms. The SMILES string of the molecule is CCN1CCCC1CN(C)c1nc(C)ccc1C#N. The first kappa shape index (κ1) is 13.8. The number of aromatic nitrogens is 1. The molecule has 0 spiro atoms. The number of anilines is 1. The lowest BCUT2D eigenvalue weighted by atomic mass is 10.2. The van der Waals surface area contributed by atoms with Crippen LogP contribution in [0.4, 0.5) is 5.82 Å². The molecule has 1 saturated heterocycles. The molecule has 0 aliphatic carbocycles. The summed E-state index contributed by atoms with van der Waals surface area (Å²) in [6.45, 7) is 7.42. The van der Waals surface area contributed by atoms with Crippen molar-refractivity contribution in [3.05, 3.63) is 23.4 Å². The van der Waals surface area contributed by atoms with Crippen LogP contribution in [0.1, 0.15) is 31.0 Å². The molecular weight excluding hydrogens is 236 g/mol. The summed E-state index contributed by atoms with van der Waals surface area (Å²) in [7, 11) is 2.04. The van der Waals surface area contributed by atoms with E-state index in [4.69, 9.17) is 0 Å². The van der Waals surface area contributed by atoms with Crippen molar-refractivity contribution in [2.24, 2.45) is 0 Å². The van der Waals surface area contributed by atoms with Gasteiger partial charge >= 0.3 is 0 Å². The van der Waals surface area contributed by atoms with E-state index in [-0.39, 0.29) is 0 Å². The van der Waals surface area contributed by atoms with Crippen molar-refractivity contribution in [1.29, 1.82) is 5.26 Å². The van der Waals surface area contributed by atoms with Crippen LogP contribution in [0.5, 0.6) is 0 Å². The normalized spacial score (nSPS) is 19.4. The molecule has 1 fully saturated rings. The number of aryl methyl sites for hydroxylation is 1. The number of nitriles is 1. The Kier molecular flexibility index (Phi) is 4.39. The molecule has 1 aromatic rings. The molecule has 0 N–H and O–H groups in total. The molecule has 0 saturated carbocycles. The van der Waals surface area contributed by atoms with Gasteiger partial charge in [-0.2, -0.15) is 5.26 Å². The molecule has 2 rings (SSSR count). The Hall–Kier alpha value is -1.60. The van der Waals surface area contributed by atoms with Crippen LogP contribution in [0.25, 0.3) is 0 Å². The zero-order chi connectivity index (χ0) is 13.8. The maximum atomic E-state index is 9.19. The van der Waals surface area contributed by atoms with Crippen molar-refractivity contribution in [2.45, 2.75) is 32.7 Å². The van der Waals surface area contributed by atoms with Gasteiger partial charge in [-0.1, -0.05) is 6.92 Å². The average molecular weight is 258 g/mol. The molecule has 1 atom stereocenters. The predicted molar refractivity (Wildman–Crippen MR) is 77.2 cm³/mol. The first-order chi connectivity index (χ1) is 9.15. The lowest BCUT2D eigenvalue weighted by Crippen LogP contribution is -2.39. The predicted octanol–water partition coefficient (Wildman–Crippen LogP) is 2.18. The van der Waals surface area contributed by atoms with Crippen LogP contribution < -0.4 is 4.90 Å². The van der Waals surface area contributed by atoms with Gasteiger partial charge in [0.2, 0.25) is 0 Å². The van der Waals surface area contributed by atoms with Crippen molar-refractivity contribution in [1.82, 2.24) is 9.88 Å². The summed E-state index contributed by atoms with van der Waals surface area (Å²) < 4.78 is 0.